The fraction of sp³-hybridized carbons (Fsp3) is 0.545. The van der Waals surface area contributed by atoms with Crippen LogP contribution in [0, 0.1) is 0 Å². The van der Waals surface area contributed by atoms with Gasteiger partial charge in [-0.2, -0.15) is 0 Å². The molecule has 0 saturated carbocycles. The van der Waals surface area contributed by atoms with Crippen molar-refractivity contribution in [2.75, 3.05) is 13.1 Å². The Morgan fingerprint density at radius 3 is 2.81 bits per heavy atom. The summed E-state index contributed by atoms with van der Waals surface area (Å²) in [6.45, 7) is 6.65. The number of carbonyl (C=O) groups excluding carboxylic acids is 1. The highest BCUT2D eigenvalue weighted by atomic mass is 19.1. The van der Waals surface area contributed by atoms with Crippen LogP contribution < -0.4 is 0 Å². The third-order valence-electron chi connectivity index (χ3n) is 2.36. The average molecular weight is 231 g/mol. The molecule has 90 valence electrons. The first kappa shape index (κ1) is 12.8. The summed E-state index contributed by atoms with van der Waals surface area (Å²) < 4.78 is 31.3. The van der Waals surface area contributed by atoms with E-state index in [4.69, 9.17) is 4.74 Å². The van der Waals surface area contributed by atoms with E-state index in [0.29, 0.717) is 0 Å². The third-order valence-corrected chi connectivity index (χ3v) is 2.36. The van der Waals surface area contributed by atoms with Crippen molar-refractivity contribution in [1.29, 1.82) is 0 Å². The molecule has 0 spiro atoms. The largest absolute Gasteiger partial charge is 0.339 e. The van der Waals surface area contributed by atoms with Crippen LogP contribution in [0.25, 0.3) is 0 Å². The lowest BCUT2D eigenvalue weighted by Gasteiger charge is -2.16. The molecular weight excluding hydrogens is 216 g/mol. The van der Waals surface area contributed by atoms with Crippen molar-refractivity contribution in [3.8, 4) is 0 Å². The molecule has 1 aliphatic heterocycles. The standard InChI is InChI=1S/C11H15F2NO2/c1-3-5-10(13)16-9-7-14(6-8(9)12)11(15)4-2/h3-4,8-10H,1-2,5-7H2/t8-,9-,10?/m0/s1. The summed E-state index contributed by atoms with van der Waals surface area (Å²) in [5.41, 5.74) is 0. The summed E-state index contributed by atoms with van der Waals surface area (Å²) in [5, 5.41) is 0. The first-order valence-electron chi connectivity index (χ1n) is 5.04. The summed E-state index contributed by atoms with van der Waals surface area (Å²) in [6.07, 6.45) is -1.35. The van der Waals surface area contributed by atoms with Gasteiger partial charge < -0.3 is 9.64 Å². The van der Waals surface area contributed by atoms with Crippen LogP contribution in [0.15, 0.2) is 25.3 Å². The Morgan fingerprint density at radius 2 is 2.25 bits per heavy atom. The minimum Gasteiger partial charge on any atom is -0.339 e. The summed E-state index contributed by atoms with van der Waals surface area (Å²) in [4.78, 5) is 12.4. The highest BCUT2D eigenvalue weighted by molar-refractivity contribution is 5.87. The molecule has 1 rings (SSSR count). The van der Waals surface area contributed by atoms with Gasteiger partial charge in [-0.25, -0.2) is 8.78 Å². The van der Waals surface area contributed by atoms with E-state index in [0.717, 1.165) is 6.08 Å². The van der Waals surface area contributed by atoms with E-state index < -0.39 is 18.6 Å². The number of likely N-dealkylation sites (tertiary alicyclic amines) is 1. The van der Waals surface area contributed by atoms with Gasteiger partial charge in [-0.05, 0) is 6.08 Å². The summed E-state index contributed by atoms with van der Waals surface area (Å²) in [6, 6.07) is 0. The van der Waals surface area contributed by atoms with Crippen molar-refractivity contribution < 1.29 is 18.3 Å². The van der Waals surface area contributed by atoms with E-state index in [1.165, 1.54) is 11.0 Å². The van der Waals surface area contributed by atoms with Crippen LogP contribution in [-0.2, 0) is 9.53 Å². The second-order valence-corrected chi connectivity index (χ2v) is 3.57. The van der Waals surface area contributed by atoms with Crippen molar-refractivity contribution in [1.82, 2.24) is 4.90 Å². The number of amides is 1. The van der Waals surface area contributed by atoms with Crippen molar-refractivity contribution in [3.63, 3.8) is 0 Å². The van der Waals surface area contributed by atoms with Gasteiger partial charge in [-0.3, -0.25) is 4.79 Å². The summed E-state index contributed by atoms with van der Waals surface area (Å²) >= 11 is 0. The highest BCUT2D eigenvalue weighted by Crippen LogP contribution is 2.19. The molecule has 0 N–H and O–H groups in total. The van der Waals surface area contributed by atoms with Gasteiger partial charge in [0.05, 0.1) is 13.1 Å². The van der Waals surface area contributed by atoms with Crippen molar-refractivity contribution in [2.24, 2.45) is 0 Å². The van der Waals surface area contributed by atoms with Crippen molar-refractivity contribution in [3.05, 3.63) is 25.3 Å². The molecule has 3 nitrogen and oxygen atoms in total. The number of hydrogen-bond donors (Lipinski definition) is 0. The lowest BCUT2D eigenvalue weighted by atomic mass is 10.3. The van der Waals surface area contributed by atoms with Crippen molar-refractivity contribution >= 4 is 5.91 Å². The second kappa shape index (κ2) is 5.75. The Hall–Kier alpha value is -1.23. The molecule has 0 aromatic rings. The van der Waals surface area contributed by atoms with Gasteiger partial charge in [0.2, 0.25) is 12.3 Å². The molecule has 1 amide bonds. The van der Waals surface area contributed by atoms with Crippen LogP contribution in [-0.4, -0.2) is 42.5 Å². The molecule has 0 aliphatic carbocycles. The first-order valence-corrected chi connectivity index (χ1v) is 5.04. The predicted octanol–water partition coefficient (Wildman–Crippen LogP) is 1.61. The lowest BCUT2D eigenvalue weighted by molar-refractivity contribution is -0.126. The fourth-order valence-corrected chi connectivity index (χ4v) is 1.55. The van der Waals surface area contributed by atoms with Crippen LogP contribution >= 0.6 is 0 Å². The fourth-order valence-electron chi connectivity index (χ4n) is 1.55. The van der Waals surface area contributed by atoms with E-state index in [1.54, 1.807) is 0 Å². The van der Waals surface area contributed by atoms with Gasteiger partial charge >= 0.3 is 0 Å². The molecular formula is C11H15F2NO2. The lowest BCUT2D eigenvalue weighted by Crippen LogP contribution is -2.29. The Balaban J connectivity index is 2.47. The zero-order valence-electron chi connectivity index (χ0n) is 8.94. The van der Waals surface area contributed by atoms with Crippen LogP contribution in [0.4, 0.5) is 8.78 Å². The molecule has 1 unspecified atom stereocenters. The highest BCUT2D eigenvalue weighted by Gasteiger charge is 2.36. The number of hydrogen-bond acceptors (Lipinski definition) is 2. The van der Waals surface area contributed by atoms with Crippen molar-refractivity contribution in [2.45, 2.75) is 25.1 Å². The molecule has 1 saturated heterocycles. The SMILES string of the molecule is C=CCC(F)O[C@H]1CN(C(=O)C=C)C[C@@H]1F. The van der Waals surface area contributed by atoms with Gasteiger partial charge in [0, 0.05) is 6.42 Å². The van der Waals surface area contributed by atoms with E-state index in [1.807, 2.05) is 0 Å². The Bertz CT molecular complexity index is 283. The van der Waals surface area contributed by atoms with E-state index in [-0.39, 0.29) is 25.4 Å². The zero-order chi connectivity index (χ0) is 12.1. The Morgan fingerprint density at radius 1 is 1.56 bits per heavy atom. The van der Waals surface area contributed by atoms with E-state index >= 15 is 0 Å². The molecule has 0 radical (unpaired) electrons. The quantitative estimate of drug-likeness (QED) is 0.531. The maximum atomic E-state index is 13.4. The van der Waals surface area contributed by atoms with E-state index in [2.05, 4.69) is 13.2 Å². The van der Waals surface area contributed by atoms with Crippen LogP contribution in [0.3, 0.4) is 0 Å². The van der Waals surface area contributed by atoms with Crippen LogP contribution in [0.2, 0.25) is 0 Å². The molecule has 0 aromatic heterocycles. The third kappa shape index (κ3) is 3.13. The molecule has 5 heteroatoms. The predicted molar refractivity (Wildman–Crippen MR) is 56.3 cm³/mol. The van der Waals surface area contributed by atoms with Gasteiger partial charge in [0.1, 0.15) is 12.3 Å². The molecule has 0 aromatic carbocycles. The minimum absolute atomic E-state index is 0.0125. The first-order chi connectivity index (χ1) is 7.58. The number of ether oxygens (including phenoxy) is 1. The van der Waals surface area contributed by atoms with Gasteiger partial charge in [-0.1, -0.05) is 12.7 Å². The molecule has 3 atom stereocenters. The van der Waals surface area contributed by atoms with Gasteiger partial charge in [0.15, 0.2) is 0 Å². The minimum atomic E-state index is -1.57. The smallest absolute Gasteiger partial charge is 0.246 e. The van der Waals surface area contributed by atoms with Crippen LogP contribution in [0.1, 0.15) is 6.42 Å². The Labute approximate surface area is 93.4 Å². The molecule has 1 heterocycles. The maximum Gasteiger partial charge on any atom is 0.246 e. The van der Waals surface area contributed by atoms with E-state index in [9.17, 15) is 13.6 Å². The molecule has 0 bridgehead atoms. The number of halogens is 2. The normalized spacial score (nSPS) is 26.5. The molecule has 16 heavy (non-hydrogen) atoms. The Kier molecular flexibility index (Phi) is 4.61. The number of nitrogens with zero attached hydrogens (tertiary/aromatic N) is 1. The summed E-state index contributed by atoms with van der Waals surface area (Å²) in [5.74, 6) is -0.368. The number of rotatable bonds is 5. The maximum absolute atomic E-state index is 13.4. The second-order valence-electron chi connectivity index (χ2n) is 3.57. The average Bonchev–Trinajstić information content (AvgIpc) is 2.59. The monoisotopic (exact) mass is 231 g/mol. The van der Waals surface area contributed by atoms with Crippen LogP contribution in [0.5, 0.6) is 0 Å². The zero-order valence-corrected chi connectivity index (χ0v) is 8.94. The molecule has 1 fully saturated rings. The van der Waals surface area contributed by atoms with Gasteiger partial charge in [-0.15, -0.1) is 6.58 Å². The summed E-state index contributed by atoms with van der Waals surface area (Å²) in [7, 11) is 0. The topological polar surface area (TPSA) is 29.5 Å². The van der Waals surface area contributed by atoms with Gasteiger partial charge in [0.25, 0.3) is 0 Å². The number of carbonyl (C=O) groups is 1. The number of alkyl halides is 2. The molecule has 1 aliphatic rings.